The minimum Gasteiger partial charge on any atom is -0.491 e. The Morgan fingerprint density at radius 1 is 0.974 bits per heavy atom. The van der Waals surface area contributed by atoms with Gasteiger partial charge in [-0.05, 0) is 48.9 Å². The average Bonchev–Trinajstić information content (AvgIpc) is 3.29. The van der Waals surface area contributed by atoms with Gasteiger partial charge in [0.1, 0.15) is 18.5 Å². The van der Waals surface area contributed by atoms with Crippen LogP contribution < -0.4 is 15.4 Å². The van der Waals surface area contributed by atoms with Crippen LogP contribution in [0, 0.1) is 18.6 Å². The van der Waals surface area contributed by atoms with Crippen molar-refractivity contribution in [1.29, 1.82) is 0 Å². The Hall–Kier alpha value is -4.54. The summed E-state index contributed by atoms with van der Waals surface area (Å²) in [6.45, 7) is 1.50. The molecule has 0 spiro atoms. The maximum atomic E-state index is 14.8. The molecule has 0 aromatic heterocycles. The number of carbonyl (C=O) groups is 3. The second-order valence-electron chi connectivity index (χ2n) is 9.14. The lowest BCUT2D eigenvalue weighted by atomic mass is 10.1. The SMILES string of the molecule is Cc1ccccc1NC(=O)Nc1ccc(CC(=O)N2C[C@@H](F)C[C@H]2COc2ccc(C(=O)O)cc2)c(F)c1F. The number of carboxylic acid groups (broad SMARTS) is 1. The molecule has 1 fully saturated rings. The monoisotopic (exact) mass is 541 g/mol. The van der Waals surface area contributed by atoms with Gasteiger partial charge in [-0.15, -0.1) is 0 Å². The van der Waals surface area contributed by atoms with E-state index < -0.39 is 53.9 Å². The van der Waals surface area contributed by atoms with Crippen LogP contribution in [0.3, 0.4) is 0 Å². The molecule has 4 rings (SSSR count). The Bertz CT molecular complexity index is 1380. The molecule has 3 aromatic carbocycles. The highest BCUT2D eigenvalue weighted by molar-refractivity contribution is 6.00. The molecular weight excluding hydrogens is 515 g/mol. The highest BCUT2D eigenvalue weighted by Gasteiger charge is 2.36. The summed E-state index contributed by atoms with van der Waals surface area (Å²) < 4.78 is 49.4. The Labute approximate surface area is 222 Å². The summed E-state index contributed by atoms with van der Waals surface area (Å²) in [5.41, 5.74) is 0.718. The molecule has 1 aliphatic rings. The second kappa shape index (κ2) is 11.9. The molecule has 11 heteroatoms. The molecule has 39 heavy (non-hydrogen) atoms. The number of ether oxygens (including phenoxy) is 1. The summed E-state index contributed by atoms with van der Waals surface area (Å²) in [5.74, 6) is -3.97. The number of hydrogen-bond donors (Lipinski definition) is 3. The molecule has 0 radical (unpaired) electrons. The minimum atomic E-state index is -1.32. The zero-order valence-electron chi connectivity index (χ0n) is 20.9. The molecule has 1 saturated heterocycles. The Balaban J connectivity index is 1.38. The van der Waals surface area contributed by atoms with Crippen LogP contribution in [0.5, 0.6) is 5.75 Å². The highest BCUT2D eigenvalue weighted by atomic mass is 19.2. The molecule has 0 saturated carbocycles. The van der Waals surface area contributed by atoms with E-state index in [0.717, 1.165) is 11.6 Å². The number of alkyl halides is 1. The first kappa shape index (κ1) is 27.5. The number of carbonyl (C=O) groups excluding carboxylic acids is 2. The molecule has 3 N–H and O–H groups in total. The maximum absolute atomic E-state index is 14.8. The first-order valence-corrected chi connectivity index (χ1v) is 12.1. The minimum absolute atomic E-state index is 0.00858. The number of rotatable bonds is 8. The van der Waals surface area contributed by atoms with Crippen LogP contribution >= 0.6 is 0 Å². The third kappa shape index (κ3) is 6.67. The number of likely N-dealkylation sites (tertiary alicyclic amines) is 1. The molecule has 0 bridgehead atoms. The summed E-state index contributed by atoms with van der Waals surface area (Å²) in [6, 6.07) is 13.5. The number of halogens is 3. The maximum Gasteiger partial charge on any atom is 0.335 e. The largest absolute Gasteiger partial charge is 0.491 e. The van der Waals surface area contributed by atoms with E-state index in [1.54, 1.807) is 31.2 Å². The quantitative estimate of drug-likeness (QED) is 0.365. The van der Waals surface area contributed by atoms with Gasteiger partial charge in [0, 0.05) is 17.7 Å². The third-order valence-electron chi connectivity index (χ3n) is 6.37. The summed E-state index contributed by atoms with van der Waals surface area (Å²) in [5, 5.41) is 13.8. The zero-order valence-corrected chi connectivity index (χ0v) is 20.9. The van der Waals surface area contributed by atoms with Gasteiger partial charge in [-0.1, -0.05) is 24.3 Å². The molecule has 8 nitrogen and oxygen atoms in total. The third-order valence-corrected chi connectivity index (χ3v) is 6.37. The predicted molar refractivity (Wildman–Crippen MR) is 138 cm³/mol. The van der Waals surface area contributed by atoms with Gasteiger partial charge in [0.05, 0.1) is 30.3 Å². The standard InChI is InChI=1S/C28H26F3N3O5/c1-16-4-2-3-5-22(16)32-28(38)33-23-11-8-18(25(30)26(23)31)12-24(35)34-14-19(29)13-20(34)15-39-21-9-6-17(7-10-21)27(36)37/h2-11,19-20H,12-15H2,1H3,(H,36,37)(H2,32,33,38)/t19-,20-/m0/s1. The van der Waals surface area contributed by atoms with Gasteiger partial charge in [-0.3, -0.25) is 4.79 Å². The number of carboxylic acids is 1. The van der Waals surface area contributed by atoms with Crippen molar-refractivity contribution in [3.8, 4) is 5.75 Å². The fraction of sp³-hybridized carbons (Fsp3) is 0.250. The fourth-order valence-electron chi connectivity index (χ4n) is 4.29. The van der Waals surface area contributed by atoms with Crippen molar-refractivity contribution >= 4 is 29.3 Å². The number of urea groups is 1. The van der Waals surface area contributed by atoms with Crippen LogP contribution in [0.4, 0.5) is 29.3 Å². The lowest BCUT2D eigenvalue weighted by molar-refractivity contribution is -0.132. The van der Waals surface area contributed by atoms with Crippen LogP contribution in [0.1, 0.15) is 27.9 Å². The van der Waals surface area contributed by atoms with Gasteiger partial charge < -0.3 is 25.4 Å². The topological polar surface area (TPSA) is 108 Å². The number of nitrogens with one attached hydrogen (secondary N) is 2. The number of anilines is 2. The molecule has 0 aliphatic carbocycles. The van der Waals surface area contributed by atoms with Crippen molar-refractivity contribution in [3.05, 3.63) is 89.0 Å². The molecular formula is C28H26F3N3O5. The van der Waals surface area contributed by atoms with Crippen LogP contribution in [0.25, 0.3) is 0 Å². The number of aromatic carboxylic acids is 1. The Kier molecular flexibility index (Phi) is 8.38. The molecule has 3 amide bonds. The zero-order chi connectivity index (χ0) is 28.1. The van der Waals surface area contributed by atoms with E-state index in [9.17, 15) is 27.6 Å². The van der Waals surface area contributed by atoms with Crippen LogP contribution in [0.15, 0.2) is 60.7 Å². The number of para-hydroxylation sites is 1. The van der Waals surface area contributed by atoms with E-state index in [0.29, 0.717) is 11.4 Å². The van der Waals surface area contributed by atoms with Gasteiger partial charge in [-0.2, -0.15) is 0 Å². The number of nitrogens with zero attached hydrogens (tertiary/aromatic N) is 1. The van der Waals surface area contributed by atoms with Gasteiger partial charge in [-0.25, -0.2) is 22.8 Å². The van der Waals surface area contributed by atoms with Crippen molar-refractivity contribution in [3.63, 3.8) is 0 Å². The van der Waals surface area contributed by atoms with Crippen LogP contribution in [-0.4, -0.2) is 53.3 Å². The van der Waals surface area contributed by atoms with Crippen molar-refractivity contribution in [2.75, 3.05) is 23.8 Å². The first-order valence-electron chi connectivity index (χ1n) is 12.1. The number of amides is 3. The van der Waals surface area contributed by atoms with Crippen LogP contribution in [-0.2, 0) is 11.2 Å². The fourth-order valence-corrected chi connectivity index (χ4v) is 4.29. The first-order chi connectivity index (χ1) is 18.6. The number of benzene rings is 3. The van der Waals surface area contributed by atoms with E-state index >= 15 is 0 Å². The molecule has 1 heterocycles. The molecule has 3 aromatic rings. The average molecular weight is 542 g/mol. The van der Waals surface area contributed by atoms with Gasteiger partial charge in [0.2, 0.25) is 5.91 Å². The molecule has 2 atom stereocenters. The Morgan fingerprint density at radius 2 is 1.67 bits per heavy atom. The summed E-state index contributed by atoms with van der Waals surface area (Å²) in [4.78, 5) is 37.4. The lowest BCUT2D eigenvalue weighted by Crippen LogP contribution is -2.40. The number of aryl methyl sites for hydroxylation is 1. The summed E-state index contributed by atoms with van der Waals surface area (Å²) >= 11 is 0. The van der Waals surface area contributed by atoms with Crippen LogP contribution in [0.2, 0.25) is 0 Å². The normalized spacial score (nSPS) is 16.6. The molecule has 0 unspecified atom stereocenters. The lowest BCUT2D eigenvalue weighted by Gasteiger charge is -2.24. The van der Waals surface area contributed by atoms with Crippen molar-refractivity contribution in [2.24, 2.45) is 0 Å². The highest BCUT2D eigenvalue weighted by Crippen LogP contribution is 2.26. The van der Waals surface area contributed by atoms with Gasteiger partial charge >= 0.3 is 12.0 Å². The van der Waals surface area contributed by atoms with Crippen molar-refractivity contribution in [2.45, 2.75) is 32.0 Å². The van der Waals surface area contributed by atoms with Crippen molar-refractivity contribution < 1.29 is 37.4 Å². The predicted octanol–water partition coefficient (Wildman–Crippen LogP) is 5.18. The van der Waals surface area contributed by atoms with Crippen molar-refractivity contribution in [1.82, 2.24) is 4.90 Å². The van der Waals surface area contributed by atoms with E-state index in [1.807, 2.05) is 0 Å². The Morgan fingerprint density at radius 3 is 2.36 bits per heavy atom. The van der Waals surface area contributed by atoms with E-state index in [1.165, 1.54) is 35.2 Å². The summed E-state index contributed by atoms with van der Waals surface area (Å²) in [7, 11) is 0. The second-order valence-corrected chi connectivity index (χ2v) is 9.14. The smallest absolute Gasteiger partial charge is 0.335 e. The molecule has 1 aliphatic heterocycles. The van der Waals surface area contributed by atoms with E-state index in [2.05, 4.69) is 10.6 Å². The summed E-state index contributed by atoms with van der Waals surface area (Å²) in [6.07, 6.45) is -1.82. The van der Waals surface area contributed by atoms with E-state index in [-0.39, 0.29) is 30.7 Å². The van der Waals surface area contributed by atoms with Gasteiger partial charge in [0.25, 0.3) is 0 Å². The number of hydrogen-bond acceptors (Lipinski definition) is 4. The van der Waals surface area contributed by atoms with E-state index in [4.69, 9.17) is 9.84 Å². The molecule has 204 valence electrons. The van der Waals surface area contributed by atoms with Gasteiger partial charge in [0.15, 0.2) is 11.6 Å².